The molecular weight excluding hydrogens is 531 g/mol. The Labute approximate surface area is 220 Å². The van der Waals surface area contributed by atoms with Gasteiger partial charge in [0.15, 0.2) is 0 Å². The number of imidazole rings is 1. The average Bonchev–Trinajstić information content (AvgIpc) is 3.53. The number of benzene rings is 2. The molecule has 0 unspecified atom stereocenters. The van der Waals surface area contributed by atoms with E-state index >= 15 is 0 Å². The maximum atomic E-state index is 13.1. The van der Waals surface area contributed by atoms with E-state index in [0.717, 1.165) is 29.6 Å². The van der Waals surface area contributed by atoms with Crippen molar-refractivity contribution in [3.05, 3.63) is 76.4 Å². The van der Waals surface area contributed by atoms with Gasteiger partial charge in [-0.3, -0.25) is 0 Å². The van der Waals surface area contributed by atoms with Gasteiger partial charge in [0.2, 0.25) is 10.0 Å². The summed E-state index contributed by atoms with van der Waals surface area (Å²) in [6.07, 6.45) is 7.00. The molecule has 0 radical (unpaired) electrons. The van der Waals surface area contributed by atoms with E-state index in [1.165, 1.54) is 10.4 Å². The number of halogens is 3. The number of sulfonamides is 1. The summed E-state index contributed by atoms with van der Waals surface area (Å²) in [7, 11) is -3.70. The van der Waals surface area contributed by atoms with E-state index in [1.54, 1.807) is 18.6 Å². The van der Waals surface area contributed by atoms with Crippen molar-refractivity contribution in [1.82, 2.24) is 18.8 Å². The fourth-order valence-electron chi connectivity index (χ4n) is 4.19. The highest BCUT2D eigenvalue weighted by Gasteiger charge is 2.30. The van der Waals surface area contributed by atoms with Crippen molar-refractivity contribution in [3.8, 4) is 11.4 Å². The van der Waals surface area contributed by atoms with Crippen molar-refractivity contribution in [2.75, 3.05) is 13.1 Å². The zero-order chi connectivity index (χ0) is 23.9. The molecule has 184 valence electrons. The van der Waals surface area contributed by atoms with Crippen LogP contribution < -0.4 is 4.74 Å². The molecule has 0 aliphatic carbocycles. The molecule has 1 saturated heterocycles. The Balaban J connectivity index is 0.00000289. The summed E-state index contributed by atoms with van der Waals surface area (Å²) < 4.78 is 35.7. The minimum atomic E-state index is -3.70. The Morgan fingerprint density at radius 2 is 1.89 bits per heavy atom. The van der Waals surface area contributed by atoms with Gasteiger partial charge in [-0.05, 0) is 44.0 Å². The van der Waals surface area contributed by atoms with E-state index in [-0.39, 0.29) is 28.9 Å². The van der Waals surface area contributed by atoms with Crippen LogP contribution in [-0.4, -0.2) is 40.3 Å². The fourth-order valence-corrected chi connectivity index (χ4v) is 6.56. The second-order valence-corrected chi connectivity index (χ2v) is 10.8. The summed E-state index contributed by atoms with van der Waals surface area (Å²) >= 11 is 13.0. The Kier molecular flexibility index (Phi) is 7.59. The summed E-state index contributed by atoms with van der Waals surface area (Å²) in [5.74, 6) is 0.544. The fraction of sp³-hybridized carbons (Fsp3) is 0.250. The first kappa shape index (κ1) is 25.7. The van der Waals surface area contributed by atoms with Gasteiger partial charge in [-0.25, -0.2) is 18.4 Å². The number of aryl methyl sites for hydroxylation is 1. The van der Waals surface area contributed by atoms with Gasteiger partial charge in [-0.1, -0.05) is 35.3 Å². The molecule has 0 atom stereocenters. The smallest absolute Gasteiger partial charge is 0.244 e. The lowest BCUT2D eigenvalue weighted by molar-refractivity contribution is 0.309. The maximum Gasteiger partial charge on any atom is 0.244 e. The predicted molar refractivity (Wildman–Crippen MR) is 140 cm³/mol. The van der Waals surface area contributed by atoms with Gasteiger partial charge >= 0.3 is 0 Å². The van der Waals surface area contributed by atoms with Gasteiger partial charge in [0.25, 0.3) is 0 Å². The van der Waals surface area contributed by atoms with Gasteiger partial charge in [0, 0.05) is 47.1 Å². The van der Waals surface area contributed by atoms with E-state index < -0.39 is 10.0 Å². The van der Waals surface area contributed by atoms with Crippen LogP contribution in [0.1, 0.15) is 24.1 Å². The predicted octanol–water partition coefficient (Wildman–Crippen LogP) is 5.82. The average molecular weight is 554 g/mol. The lowest BCUT2D eigenvalue weighted by atomic mass is 10.1. The molecule has 0 N–H and O–H groups in total. The minimum absolute atomic E-state index is 0. The molecule has 1 fully saturated rings. The van der Waals surface area contributed by atoms with Crippen LogP contribution in [0, 0.1) is 6.92 Å². The number of aromatic nitrogens is 3. The number of hydrogen-bond acceptors (Lipinski definition) is 5. The number of fused-ring (bicyclic) bond motifs is 1. The first-order valence-electron chi connectivity index (χ1n) is 10.8. The highest BCUT2D eigenvalue weighted by Crippen LogP contribution is 2.36. The lowest BCUT2D eigenvalue weighted by Crippen LogP contribution is -2.28. The number of para-hydroxylation sites is 1. The third-order valence-corrected chi connectivity index (χ3v) is 8.74. The van der Waals surface area contributed by atoms with Gasteiger partial charge in [0.05, 0.1) is 17.0 Å². The largest absolute Gasteiger partial charge is 0.487 e. The molecule has 7 nitrogen and oxygen atoms in total. The van der Waals surface area contributed by atoms with Crippen molar-refractivity contribution < 1.29 is 13.2 Å². The summed E-state index contributed by atoms with van der Waals surface area (Å²) in [6, 6.07) is 10.7. The molecule has 0 saturated carbocycles. The van der Waals surface area contributed by atoms with Gasteiger partial charge in [-0.15, -0.1) is 12.4 Å². The lowest BCUT2D eigenvalue weighted by Gasteiger charge is -2.19. The van der Waals surface area contributed by atoms with Crippen LogP contribution in [0.2, 0.25) is 10.0 Å². The molecule has 2 aromatic heterocycles. The summed E-state index contributed by atoms with van der Waals surface area (Å²) in [4.78, 5) is 8.87. The van der Waals surface area contributed by atoms with Crippen molar-refractivity contribution in [1.29, 1.82) is 0 Å². The quantitative estimate of drug-likeness (QED) is 0.301. The number of hydrogen-bond donors (Lipinski definition) is 0. The molecule has 5 rings (SSSR count). The summed E-state index contributed by atoms with van der Waals surface area (Å²) in [5, 5.41) is 1.32. The van der Waals surface area contributed by atoms with Crippen LogP contribution in [0.4, 0.5) is 0 Å². The molecule has 1 aliphatic heterocycles. The van der Waals surface area contributed by atoms with E-state index in [1.807, 2.05) is 42.0 Å². The second-order valence-electron chi connectivity index (χ2n) is 8.14. The highest BCUT2D eigenvalue weighted by molar-refractivity contribution is 7.89. The highest BCUT2D eigenvalue weighted by atomic mass is 35.5. The van der Waals surface area contributed by atoms with Gasteiger partial charge < -0.3 is 9.30 Å². The third kappa shape index (κ3) is 4.86. The number of ether oxygens (including phenoxy) is 1. The second kappa shape index (κ2) is 10.3. The van der Waals surface area contributed by atoms with Crippen molar-refractivity contribution in [2.45, 2.75) is 31.3 Å². The molecule has 11 heteroatoms. The van der Waals surface area contributed by atoms with Crippen molar-refractivity contribution in [2.24, 2.45) is 0 Å². The van der Waals surface area contributed by atoms with E-state index in [2.05, 4.69) is 9.97 Å². The third-order valence-electron chi connectivity index (χ3n) is 5.90. The van der Waals surface area contributed by atoms with Crippen molar-refractivity contribution >= 4 is 56.5 Å². The Morgan fingerprint density at radius 1 is 1.11 bits per heavy atom. The zero-order valence-corrected chi connectivity index (χ0v) is 22.0. The molecule has 4 aromatic rings. The Morgan fingerprint density at radius 3 is 2.60 bits per heavy atom. The van der Waals surface area contributed by atoms with Crippen molar-refractivity contribution in [3.63, 3.8) is 0 Å². The standard InChI is InChI=1S/C24H22Cl2N4O3S.ClH/c1-16-13-20(29-12-9-27-15-29)17-5-4-6-21(24(17)28-16)33-14-18-19(25)7-8-22(23(18)26)34(31,32)30-10-2-3-11-30;/h4-9,12-13,15H,2-3,10-11,14H2,1H3;1H. The summed E-state index contributed by atoms with van der Waals surface area (Å²) in [5.41, 5.74) is 2.85. The Bertz CT molecular complexity index is 1470. The van der Waals surface area contributed by atoms with E-state index in [4.69, 9.17) is 27.9 Å². The van der Waals surface area contributed by atoms with Crippen LogP contribution in [0.3, 0.4) is 0 Å². The molecule has 3 heterocycles. The maximum absolute atomic E-state index is 13.1. The van der Waals surface area contributed by atoms with Crippen LogP contribution in [0.5, 0.6) is 5.75 Å². The monoisotopic (exact) mass is 552 g/mol. The Hall–Kier alpha value is -2.36. The number of pyridine rings is 1. The topological polar surface area (TPSA) is 77.3 Å². The SMILES string of the molecule is Cc1cc(-n2ccnc2)c2cccc(OCc3c(Cl)ccc(S(=O)(=O)N4CCCC4)c3Cl)c2n1.Cl. The number of rotatable bonds is 6. The molecule has 2 aromatic carbocycles. The molecule has 0 spiro atoms. The van der Waals surface area contributed by atoms with Gasteiger partial charge in [0.1, 0.15) is 22.8 Å². The van der Waals surface area contributed by atoms with E-state index in [9.17, 15) is 8.42 Å². The molecular formula is C24H23Cl3N4O3S. The van der Waals surface area contributed by atoms with Crippen LogP contribution in [-0.2, 0) is 16.6 Å². The van der Waals surface area contributed by atoms with Crippen LogP contribution in [0.15, 0.2) is 60.0 Å². The van der Waals surface area contributed by atoms with E-state index in [0.29, 0.717) is 34.9 Å². The molecule has 0 bridgehead atoms. The minimum Gasteiger partial charge on any atom is -0.487 e. The first-order chi connectivity index (χ1) is 16.4. The molecule has 0 amide bonds. The number of nitrogens with zero attached hydrogens (tertiary/aromatic N) is 4. The summed E-state index contributed by atoms with van der Waals surface area (Å²) in [6.45, 7) is 2.90. The van der Waals surface area contributed by atoms with Crippen LogP contribution in [0.25, 0.3) is 16.6 Å². The normalized spacial score (nSPS) is 14.3. The van der Waals surface area contributed by atoms with Gasteiger partial charge in [-0.2, -0.15) is 4.31 Å². The van der Waals surface area contributed by atoms with Crippen LogP contribution >= 0.6 is 35.6 Å². The molecule has 1 aliphatic rings. The molecule has 35 heavy (non-hydrogen) atoms. The zero-order valence-electron chi connectivity index (χ0n) is 18.8. The first-order valence-corrected chi connectivity index (χ1v) is 13.0.